The molecule has 5 nitrogen and oxygen atoms in total. The summed E-state index contributed by atoms with van der Waals surface area (Å²) in [6.07, 6.45) is 1.25. The molecule has 1 aliphatic rings. The first-order valence-electron chi connectivity index (χ1n) is 8.13. The monoisotopic (exact) mass is 339 g/mol. The summed E-state index contributed by atoms with van der Waals surface area (Å²) in [5, 5.41) is 13.7. The van der Waals surface area contributed by atoms with Crippen LogP contribution in [0.15, 0.2) is 29.3 Å². The molecular weight excluding hydrogens is 314 g/mol. The van der Waals surface area contributed by atoms with Crippen molar-refractivity contribution in [1.29, 1.82) is 0 Å². The normalized spacial score (nSPS) is 18.1. The van der Waals surface area contributed by atoms with Gasteiger partial charge in [-0.3, -0.25) is 4.99 Å². The minimum Gasteiger partial charge on any atom is -0.393 e. The van der Waals surface area contributed by atoms with Crippen molar-refractivity contribution in [2.45, 2.75) is 32.0 Å². The van der Waals surface area contributed by atoms with Crippen molar-refractivity contribution >= 4 is 17.6 Å². The number of ether oxygens (including phenoxy) is 1. The summed E-state index contributed by atoms with van der Waals surface area (Å²) in [6.45, 7) is 5.04. The van der Waals surface area contributed by atoms with Crippen LogP contribution in [0.3, 0.4) is 0 Å². The Kier molecular flexibility index (Phi) is 7.15. The fraction of sp³-hybridized carbons (Fsp3) is 0.588. The number of guanidine groups is 1. The summed E-state index contributed by atoms with van der Waals surface area (Å²) >= 11 is 6.06. The third-order valence-corrected chi connectivity index (χ3v) is 4.25. The second kappa shape index (κ2) is 9.11. The highest BCUT2D eigenvalue weighted by molar-refractivity contribution is 6.30. The Morgan fingerprint density at radius 3 is 2.83 bits per heavy atom. The number of hydrogen-bond donors (Lipinski definition) is 2. The summed E-state index contributed by atoms with van der Waals surface area (Å²) < 4.78 is 5.57. The number of methoxy groups -OCH3 is 1. The Labute approximate surface area is 143 Å². The zero-order chi connectivity index (χ0) is 16.7. The third-order valence-electron chi connectivity index (χ3n) is 4.01. The number of benzene rings is 1. The third kappa shape index (κ3) is 5.37. The Morgan fingerprint density at radius 1 is 1.48 bits per heavy atom. The molecule has 1 aromatic rings. The molecular formula is C17H26ClN3O2. The molecule has 0 spiro atoms. The standard InChI is InChI=1S/C17H26ClN3O2/c1-3-19-17(21-9-7-15(22)8-10-21)20-12-16(23-2)13-5-4-6-14(18)11-13/h4-6,11,15-16,22H,3,7-10,12H2,1-2H3,(H,19,20). The number of hydrogen-bond acceptors (Lipinski definition) is 3. The first-order valence-corrected chi connectivity index (χ1v) is 8.51. The van der Waals surface area contributed by atoms with E-state index in [1.54, 1.807) is 7.11 Å². The molecule has 1 fully saturated rings. The van der Waals surface area contributed by atoms with E-state index in [0.717, 1.165) is 44.0 Å². The van der Waals surface area contributed by atoms with Gasteiger partial charge in [0.1, 0.15) is 6.10 Å². The first-order chi connectivity index (χ1) is 11.1. The van der Waals surface area contributed by atoms with Gasteiger partial charge in [0.2, 0.25) is 0 Å². The van der Waals surface area contributed by atoms with Gasteiger partial charge in [-0.2, -0.15) is 0 Å². The van der Waals surface area contributed by atoms with E-state index in [1.165, 1.54) is 0 Å². The average Bonchev–Trinajstić information content (AvgIpc) is 2.55. The Balaban J connectivity index is 2.06. The highest BCUT2D eigenvalue weighted by Gasteiger charge is 2.20. The van der Waals surface area contributed by atoms with Crippen LogP contribution in [0.2, 0.25) is 5.02 Å². The molecule has 1 heterocycles. The molecule has 1 aliphatic heterocycles. The van der Waals surface area contributed by atoms with E-state index in [0.29, 0.717) is 11.6 Å². The van der Waals surface area contributed by atoms with Crippen LogP contribution in [0.25, 0.3) is 0 Å². The van der Waals surface area contributed by atoms with Gasteiger partial charge in [-0.25, -0.2) is 0 Å². The molecule has 0 bridgehead atoms. The van der Waals surface area contributed by atoms with Gasteiger partial charge in [0.25, 0.3) is 0 Å². The fourth-order valence-electron chi connectivity index (χ4n) is 2.70. The van der Waals surface area contributed by atoms with Crippen molar-refractivity contribution in [1.82, 2.24) is 10.2 Å². The van der Waals surface area contributed by atoms with E-state index in [1.807, 2.05) is 24.3 Å². The fourth-order valence-corrected chi connectivity index (χ4v) is 2.89. The van der Waals surface area contributed by atoms with Crippen LogP contribution in [0.5, 0.6) is 0 Å². The summed E-state index contributed by atoms with van der Waals surface area (Å²) in [5.41, 5.74) is 1.02. The molecule has 0 amide bonds. The smallest absolute Gasteiger partial charge is 0.194 e. The van der Waals surface area contributed by atoms with Gasteiger partial charge in [0, 0.05) is 31.8 Å². The SMILES string of the molecule is CCNC(=NCC(OC)c1cccc(Cl)c1)N1CCC(O)CC1. The second-order valence-electron chi connectivity index (χ2n) is 5.69. The van der Waals surface area contributed by atoms with Crippen molar-refractivity contribution in [3.05, 3.63) is 34.9 Å². The first kappa shape index (κ1) is 18.0. The summed E-state index contributed by atoms with van der Waals surface area (Å²) in [7, 11) is 1.69. The largest absolute Gasteiger partial charge is 0.393 e. The van der Waals surface area contributed by atoms with Crippen LogP contribution >= 0.6 is 11.6 Å². The van der Waals surface area contributed by atoms with Crippen LogP contribution in [-0.4, -0.2) is 55.4 Å². The van der Waals surface area contributed by atoms with Crippen molar-refractivity contribution < 1.29 is 9.84 Å². The van der Waals surface area contributed by atoms with Gasteiger partial charge < -0.3 is 20.1 Å². The van der Waals surface area contributed by atoms with Crippen LogP contribution in [0.1, 0.15) is 31.4 Å². The molecule has 1 aromatic carbocycles. The maximum Gasteiger partial charge on any atom is 0.194 e. The molecule has 0 aliphatic carbocycles. The number of halogens is 1. The van der Waals surface area contributed by atoms with Crippen LogP contribution in [0.4, 0.5) is 0 Å². The molecule has 1 unspecified atom stereocenters. The van der Waals surface area contributed by atoms with Crippen molar-refractivity contribution in [3.8, 4) is 0 Å². The maximum atomic E-state index is 9.65. The zero-order valence-electron chi connectivity index (χ0n) is 13.8. The highest BCUT2D eigenvalue weighted by atomic mass is 35.5. The van der Waals surface area contributed by atoms with E-state index in [-0.39, 0.29) is 12.2 Å². The Morgan fingerprint density at radius 2 is 2.22 bits per heavy atom. The van der Waals surface area contributed by atoms with E-state index >= 15 is 0 Å². The van der Waals surface area contributed by atoms with Gasteiger partial charge in [-0.15, -0.1) is 0 Å². The number of nitrogens with one attached hydrogen (secondary N) is 1. The second-order valence-corrected chi connectivity index (χ2v) is 6.13. The molecule has 0 saturated carbocycles. The molecule has 0 radical (unpaired) electrons. The summed E-state index contributed by atoms with van der Waals surface area (Å²) in [4.78, 5) is 6.92. The van der Waals surface area contributed by atoms with Gasteiger partial charge >= 0.3 is 0 Å². The van der Waals surface area contributed by atoms with E-state index < -0.39 is 0 Å². The number of nitrogens with zero attached hydrogens (tertiary/aromatic N) is 2. The summed E-state index contributed by atoms with van der Waals surface area (Å²) in [6, 6.07) is 7.68. The lowest BCUT2D eigenvalue weighted by Crippen LogP contribution is -2.46. The number of rotatable bonds is 5. The molecule has 1 atom stereocenters. The molecule has 128 valence electrons. The minimum absolute atomic E-state index is 0.127. The van der Waals surface area contributed by atoms with Crippen LogP contribution < -0.4 is 5.32 Å². The minimum atomic E-state index is -0.188. The average molecular weight is 340 g/mol. The molecule has 6 heteroatoms. The molecule has 23 heavy (non-hydrogen) atoms. The number of aliphatic hydroxyl groups excluding tert-OH is 1. The molecule has 2 rings (SSSR count). The lowest BCUT2D eigenvalue weighted by atomic mass is 10.1. The zero-order valence-corrected chi connectivity index (χ0v) is 14.6. The maximum absolute atomic E-state index is 9.65. The van der Waals surface area contributed by atoms with Crippen molar-refractivity contribution in [3.63, 3.8) is 0 Å². The molecule has 1 saturated heterocycles. The van der Waals surface area contributed by atoms with Gasteiger partial charge in [0.15, 0.2) is 5.96 Å². The van der Waals surface area contributed by atoms with E-state index in [4.69, 9.17) is 21.3 Å². The predicted octanol–water partition coefficient (Wildman–Crippen LogP) is 2.45. The topological polar surface area (TPSA) is 57.1 Å². The lowest BCUT2D eigenvalue weighted by molar-refractivity contribution is 0.104. The number of aliphatic hydroxyl groups is 1. The Bertz CT molecular complexity index is 516. The molecule has 2 N–H and O–H groups in total. The van der Waals surface area contributed by atoms with Crippen LogP contribution in [-0.2, 0) is 4.74 Å². The Hall–Kier alpha value is -1.30. The van der Waals surface area contributed by atoms with E-state index in [9.17, 15) is 5.11 Å². The van der Waals surface area contributed by atoms with Crippen molar-refractivity contribution in [2.24, 2.45) is 4.99 Å². The molecule has 0 aromatic heterocycles. The summed E-state index contributed by atoms with van der Waals surface area (Å²) in [5.74, 6) is 0.878. The highest BCUT2D eigenvalue weighted by Crippen LogP contribution is 2.21. The quantitative estimate of drug-likeness (QED) is 0.639. The van der Waals surface area contributed by atoms with Crippen molar-refractivity contribution in [2.75, 3.05) is 33.3 Å². The van der Waals surface area contributed by atoms with Crippen LogP contribution in [0, 0.1) is 0 Å². The number of likely N-dealkylation sites (tertiary alicyclic amines) is 1. The van der Waals surface area contributed by atoms with Gasteiger partial charge in [-0.1, -0.05) is 23.7 Å². The van der Waals surface area contributed by atoms with Gasteiger partial charge in [0.05, 0.1) is 12.6 Å². The van der Waals surface area contributed by atoms with E-state index in [2.05, 4.69) is 17.1 Å². The van der Waals surface area contributed by atoms with Gasteiger partial charge in [-0.05, 0) is 37.5 Å². The number of aliphatic imine (C=N–C) groups is 1. The predicted molar refractivity (Wildman–Crippen MR) is 94.0 cm³/mol. The number of piperidine rings is 1. The lowest BCUT2D eigenvalue weighted by Gasteiger charge is -2.32.